The van der Waals surface area contributed by atoms with E-state index in [1.807, 2.05) is 36.4 Å². The Morgan fingerprint density at radius 1 is 0.886 bits per heavy atom. The maximum atomic E-state index is 12.6. The Morgan fingerprint density at radius 3 is 1.94 bits per heavy atom. The fourth-order valence-corrected chi connectivity index (χ4v) is 6.75. The third kappa shape index (κ3) is 4.38. The number of quaternary nitrogens is 1. The van der Waals surface area contributed by atoms with E-state index in [9.17, 15) is 9.90 Å². The monoisotopic (exact) mass is 509 g/mol. The van der Waals surface area contributed by atoms with Crippen molar-refractivity contribution in [3.05, 3.63) is 106 Å². The van der Waals surface area contributed by atoms with Gasteiger partial charge in [-0.25, -0.2) is 0 Å². The summed E-state index contributed by atoms with van der Waals surface area (Å²) in [7, 11) is 0. The zero-order valence-electron chi connectivity index (χ0n) is 19.7. The van der Waals surface area contributed by atoms with Crippen LogP contribution in [0.1, 0.15) is 40.7 Å². The molecule has 0 atom stereocenters. The first-order valence-corrected chi connectivity index (χ1v) is 13.1. The normalized spacial score (nSPS) is 23.7. The van der Waals surface area contributed by atoms with Crippen LogP contribution in [0.15, 0.2) is 78.9 Å². The van der Waals surface area contributed by atoms with E-state index in [-0.39, 0.29) is 11.3 Å². The van der Waals surface area contributed by atoms with Crippen molar-refractivity contribution in [2.45, 2.75) is 24.9 Å². The molecule has 3 aromatic rings. The lowest BCUT2D eigenvalue weighted by Gasteiger charge is -2.60. The van der Waals surface area contributed by atoms with Gasteiger partial charge in [0.15, 0.2) is 0 Å². The lowest BCUT2D eigenvalue weighted by atomic mass is 9.56. The lowest BCUT2D eigenvalue weighted by Crippen LogP contribution is -2.67. The molecule has 3 fully saturated rings. The molecule has 2 N–H and O–H groups in total. The molecule has 0 spiro atoms. The van der Waals surface area contributed by atoms with Crippen molar-refractivity contribution in [3.63, 3.8) is 0 Å². The van der Waals surface area contributed by atoms with Crippen molar-refractivity contribution < 1.29 is 14.4 Å². The summed E-state index contributed by atoms with van der Waals surface area (Å²) >= 11 is 12.2. The predicted octanol–water partition coefficient (Wildman–Crippen LogP) is 5.66. The van der Waals surface area contributed by atoms with Crippen molar-refractivity contribution in [1.29, 1.82) is 0 Å². The Morgan fingerprint density at radius 2 is 1.43 bits per heavy atom. The van der Waals surface area contributed by atoms with E-state index in [4.69, 9.17) is 23.2 Å². The molecule has 3 aliphatic rings. The third-order valence-electron chi connectivity index (χ3n) is 8.39. The van der Waals surface area contributed by atoms with Gasteiger partial charge in [-0.1, -0.05) is 83.9 Å². The van der Waals surface area contributed by atoms with Crippen molar-refractivity contribution in [2.24, 2.45) is 5.41 Å². The van der Waals surface area contributed by atoms with Crippen molar-refractivity contribution >= 4 is 29.1 Å². The molecule has 6 rings (SSSR count). The second-order valence-corrected chi connectivity index (χ2v) is 10.9. The van der Waals surface area contributed by atoms with Crippen LogP contribution in [0.5, 0.6) is 0 Å². The molecular weight excluding hydrogens is 479 g/mol. The molecule has 0 unspecified atom stereocenters. The molecule has 2 bridgehead atoms. The summed E-state index contributed by atoms with van der Waals surface area (Å²) in [5, 5.41) is 16.4. The molecule has 3 aliphatic heterocycles. The summed E-state index contributed by atoms with van der Waals surface area (Å²) in [6.45, 7) is 4.47. The van der Waals surface area contributed by atoms with Gasteiger partial charge in [0.05, 0.1) is 43.3 Å². The number of amides is 1. The molecule has 1 amide bonds. The molecule has 6 heteroatoms. The first kappa shape index (κ1) is 24.3. The first-order valence-electron chi connectivity index (χ1n) is 12.3. The Labute approximate surface area is 217 Å². The van der Waals surface area contributed by atoms with Gasteiger partial charge in [-0.15, -0.1) is 0 Å². The Hall–Kier alpha value is -2.37. The fraction of sp³-hybridized carbons (Fsp3) is 0.345. The van der Waals surface area contributed by atoms with Gasteiger partial charge in [-0.2, -0.15) is 0 Å². The number of halogens is 2. The molecule has 4 nitrogen and oxygen atoms in total. The van der Waals surface area contributed by atoms with Gasteiger partial charge < -0.3 is 14.9 Å². The van der Waals surface area contributed by atoms with Crippen molar-refractivity contribution in [3.8, 4) is 0 Å². The third-order valence-corrected chi connectivity index (χ3v) is 8.94. The second kappa shape index (κ2) is 9.59. The minimum Gasteiger partial charge on any atom is -0.380 e. The van der Waals surface area contributed by atoms with Gasteiger partial charge in [0.25, 0.3) is 5.91 Å². The number of hydrogen-bond acceptors (Lipinski definition) is 2. The highest BCUT2D eigenvalue weighted by atomic mass is 35.5. The van der Waals surface area contributed by atoms with Gasteiger partial charge in [0, 0.05) is 29.7 Å². The van der Waals surface area contributed by atoms with Gasteiger partial charge in [-0.3, -0.25) is 4.79 Å². The minimum atomic E-state index is -1.02. The molecule has 3 aromatic carbocycles. The topological polar surface area (TPSA) is 49.3 Å². The average Bonchev–Trinajstić information content (AvgIpc) is 2.90. The number of aliphatic hydroxyl groups is 1. The Bertz CT molecular complexity index is 1140. The zero-order chi connectivity index (χ0) is 24.5. The second-order valence-electron chi connectivity index (χ2n) is 10.1. The summed E-state index contributed by atoms with van der Waals surface area (Å²) < 4.78 is 0.982. The number of piperidine rings is 3. The maximum Gasteiger partial charge on any atom is 0.253 e. The van der Waals surface area contributed by atoms with E-state index in [0.29, 0.717) is 22.2 Å². The van der Waals surface area contributed by atoms with Gasteiger partial charge in [-0.05, 0) is 29.3 Å². The highest BCUT2D eigenvalue weighted by Gasteiger charge is 2.60. The van der Waals surface area contributed by atoms with Gasteiger partial charge >= 0.3 is 0 Å². The Kier molecular flexibility index (Phi) is 6.67. The van der Waals surface area contributed by atoms with E-state index in [1.165, 1.54) is 0 Å². The predicted molar refractivity (Wildman–Crippen MR) is 141 cm³/mol. The van der Waals surface area contributed by atoms with Crippen LogP contribution in [-0.4, -0.2) is 48.2 Å². The van der Waals surface area contributed by atoms with E-state index in [0.717, 1.165) is 61.1 Å². The van der Waals surface area contributed by atoms with E-state index in [1.54, 1.807) is 18.2 Å². The fourth-order valence-electron chi connectivity index (χ4n) is 6.26. The molecule has 0 saturated carbocycles. The van der Waals surface area contributed by atoms with E-state index >= 15 is 0 Å². The van der Waals surface area contributed by atoms with Gasteiger partial charge in [0.1, 0.15) is 5.60 Å². The number of benzene rings is 3. The number of hydrogen-bond donors (Lipinski definition) is 2. The quantitative estimate of drug-likeness (QED) is 0.403. The maximum absolute atomic E-state index is 12.6. The molecule has 0 radical (unpaired) electrons. The summed E-state index contributed by atoms with van der Waals surface area (Å²) in [4.78, 5) is 12.6. The number of nitrogens with one attached hydrogen (secondary N) is 1. The highest BCUT2D eigenvalue weighted by Crippen LogP contribution is 2.57. The molecule has 3 heterocycles. The van der Waals surface area contributed by atoms with Crippen LogP contribution in [0, 0.1) is 5.41 Å². The smallest absolute Gasteiger partial charge is 0.253 e. The molecule has 35 heavy (non-hydrogen) atoms. The molecule has 182 valence electrons. The summed E-state index contributed by atoms with van der Waals surface area (Å²) in [5.41, 5.74) is 1.17. The molecule has 0 aliphatic carbocycles. The highest BCUT2D eigenvalue weighted by molar-refractivity contribution is 6.36. The summed E-state index contributed by atoms with van der Waals surface area (Å²) in [6.07, 6.45) is 2.85. The van der Waals surface area contributed by atoms with Gasteiger partial charge in [0.2, 0.25) is 0 Å². The largest absolute Gasteiger partial charge is 0.380 e. The van der Waals surface area contributed by atoms with Crippen molar-refractivity contribution in [2.75, 3.05) is 32.7 Å². The Balaban J connectivity index is 1.30. The molecular formula is C29H31Cl2N2O2+. The first-order chi connectivity index (χ1) is 16.9. The SMILES string of the molecule is O=C(NCC[N+]12CCC(C(O)(c3ccccc3)c3ccccc3)(CC1)CC2)c1ccc(Cl)cc1Cl. The van der Waals surface area contributed by atoms with Crippen LogP contribution < -0.4 is 5.32 Å². The van der Waals surface area contributed by atoms with Crippen molar-refractivity contribution in [1.82, 2.24) is 5.32 Å². The summed E-state index contributed by atoms with van der Waals surface area (Å²) in [5.74, 6) is -0.171. The van der Waals surface area contributed by atoms with Crippen LogP contribution in [0.2, 0.25) is 10.0 Å². The molecule has 3 saturated heterocycles. The standard InChI is InChI=1S/C29H30Cl2N2O2/c30-24-11-12-25(26(31)21-24)27(34)32-16-20-33-17-13-28(14-18-33,15-19-33)29(35,22-7-3-1-4-8-22)23-9-5-2-6-10-23/h1-12,21,35H,13-20H2/p+1. The minimum absolute atomic E-state index is 0.171. The summed E-state index contributed by atoms with van der Waals surface area (Å²) in [6, 6.07) is 25.2. The van der Waals surface area contributed by atoms with Crippen LogP contribution >= 0.6 is 23.2 Å². The average molecular weight is 510 g/mol. The zero-order valence-corrected chi connectivity index (χ0v) is 21.2. The van der Waals surface area contributed by atoms with Crippen LogP contribution in [0.25, 0.3) is 0 Å². The van der Waals surface area contributed by atoms with Crippen LogP contribution in [0.3, 0.4) is 0 Å². The number of nitrogens with zero attached hydrogens (tertiary/aromatic N) is 1. The molecule has 0 aromatic heterocycles. The number of carbonyl (C=O) groups excluding carboxylic acids is 1. The van der Waals surface area contributed by atoms with E-state index in [2.05, 4.69) is 29.6 Å². The number of carbonyl (C=O) groups is 1. The van der Waals surface area contributed by atoms with E-state index < -0.39 is 5.60 Å². The number of fused-ring (bicyclic) bond motifs is 3. The number of rotatable bonds is 7. The van der Waals surface area contributed by atoms with Crippen LogP contribution in [0.4, 0.5) is 0 Å². The lowest BCUT2D eigenvalue weighted by molar-refractivity contribution is -0.945. The van der Waals surface area contributed by atoms with Crippen LogP contribution in [-0.2, 0) is 5.60 Å².